The number of likely N-dealkylation sites (tertiary alicyclic amines) is 1. The van der Waals surface area contributed by atoms with Crippen LogP contribution in [-0.4, -0.2) is 57.9 Å². The first-order valence-corrected chi connectivity index (χ1v) is 8.13. The fourth-order valence-corrected chi connectivity index (χ4v) is 3.15. The van der Waals surface area contributed by atoms with Gasteiger partial charge in [0.15, 0.2) is 5.13 Å². The van der Waals surface area contributed by atoms with Crippen molar-refractivity contribution >= 4 is 34.2 Å². The molecule has 23 heavy (non-hydrogen) atoms. The standard InChI is InChI=1S/C13H15N7O2S/c21-12-15-1-3-19(12)9-5-16-20(8-9)10-6-18(7-10)13(22)17-11-14-2-4-23-11/h2,4-5,8,10H,1,3,6-7H2,(H,15,21)(H,14,17,22). The third-order valence-corrected chi connectivity index (χ3v) is 4.61. The average Bonchev–Trinajstić information content (AvgIpc) is 3.18. The summed E-state index contributed by atoms with van der Waals surface area (Å²) in [5.41, 5.74) is 0.783. The first-order chi connectivity index (χ1) is 11.2. The molecule has 2 N–H and O–H groups in total. The number of aromatic nitrogens is 3. The van der Waals surface area contributed by atoms with Crippen molar-refractivity contribution in [1.82, 2.24) is 25.0 Å². The molecule has 0 saturated carbocycles. The Hall–Kier alpha value is -2.62. The molecule has 10 heteroatoms. The number of anilines is 2. The number of carbonyl (C=O) groups excluding carboxylic acids is 2. The Kier molecular flexibility index (Phi) is 3.37. The fraction of sp³-hybridized carbons (Fsp3) is 0.385. The summed E-state index contributed by atoms with van der Waals surface area (Å²) in [6.07, 6.45) is 5.19. The van der Waals surface area contributed by atoms with Gasteiger partial charge in [0.1, 0.15) is 0 Å². The molecule has 2 fully saturated rings. The van der Waals surface area contributed by atoms with Gasteiger partial charge in [-0.3, -0.25) is 14.9 Å². The molecule has 4 heterocycles. The van der Waals surface area contributed by atoms with Gasteiger partial charge < -0.3 is 10.2 Å². The Balaban J connectivity index is 1.34. The van der Waals surface area contributed by atoms with Crippen LogP contribution in [0.25, 0.3) is 0 Å². The zero-order valence-electron chi connectivity index (χ0n) is 12.2. The number of hydrogen-bond acceptors (Lipinski definition) is 5. The summed E-state index contributed by atoms with van der Waals surface area (Å²) in [5.74, 6) is 0. The first kappa shape index (κ1) is 14.0. The van der Waals surface area contributed by atoms with Gasteiger partial charge in [-0.2, -0.15) is 5.10 Å². The quantitative estimate of drug-likeness (QED) is 0.874. The van der Waals surface area contributed by atoms with Gasteiger partial charge in [0, 0.05) is 44.0 Å². The van der Waals surface area contributed by atoms with Crippen molar-refractivity contribution in [2.24, 2.45) is 0 Å². The summed E-state index contributed by atoms with van der Waals surface area (Å²) >= 11 is 1.39. The van der Waals surface area contributed by atoms with E-state index in [1.165, 1.54) is 11.3 Å². The smallest absolute Gasteiger partial charge is 0.323 e. The summed E-state index contributed by atoms with van der Waals surface area (Å²) < 4.78 is 1.81. The zero-order valence-corrected chi connectivity index (χ0v) is 13.0. The van der Waals surface area contributed by atoms with Gasteiger partial charge in [0.05, 0.1) is 17.9 Å². The highest BCUT2D eigenvalue weighted by Gasteiger charge is 2.33. The van der Waals surface area contributed by atoms with E-state index in [4.69, 9.17) is 0 Å². The molecule has 0 atom stereocenters. The molecule has 4 rings (SSSR count). The van der Waals surface area contributed by atoms with Crippen LogP contribution < -0.4 is 15.5 Å². The van der Waals surface area contributed by atoms with Crippen molar-refractivity contribution in [3.05, 3.63) is 24.0 Å². The van der Waals surface area contributed by atoms with Crippen molar-refractivity contribution in [3.8, 4) is 0 Å². The SMILES string of the molecule is O=C(Nc1nccs1)N1CC(n2cc(N3CCNC3=O)cn2)C1. The number of rotatable bonds is 3. The van der Waals surface area contributed by atoms with Gasteiger partial charge in [-0.15, -0.1) is 11.3 Å². The van der Waals surface area contributed by atoms with Crippen molar-refractivity contribution in [2.45, 2.75) is 6.04 Å². The number of urea groups is 2. The lowest BCUT2D eigenvalue weighted by Gasteiger charge is -2.38. The second kappa shape index (κ2) is 5.54. The van der Waals surface area contributed by atoms with Crippen LogP contribution in [0.15, 0.2) is 24.0 Å². The van der Waals surface area contributed by atoms with Crippen molar-refractivity contribution < 1.29 is 9.59 Å². The van der Waals surface area contributed by atoms with E-state index in [0.29, 0.717) is 31.3 Å². The van der Waals surface area contributed by atoms with Gasteiger partial charge in [-0.05, 0) is 0 Å². The summed E-state index contributed by atoms with van der Waals surface area (Å²) in [6, 6.07) is -0.110. The molecule has 2 aliphatic heterocycles. The minimum Gasteiger partial charge on any atom is -0.336 e. The maximum atomic E-state index is 12.0. The van der Waals surface area contributed by atoms with Crippen LogP contribution in [0.4, 0.5) is 20.4 Å². The molecule has 0 bridgehead atoms. The minimum atomic E-state index is -0.150. The van der Waals surface area contributed by atoms with E-state index < -0.39 is 0 Å². The summed E-state index contributed by atoms with van der Waals surface area (Å²) in [5, 5.41) is 12.2. The van der Waals surface area contributed by atoms with Gasteiger partial charge in [0.2, 0.25) is 0 Å². The lowest BCUT2D eigenvalue weighted by atomic mass is 10.1. The predicted octanol–water partition coefficient (Wildman–Crippen LogP) is 0.958. The van der Waals surface area contributed by atoms with E-state index in [9.17, 15) is 9.59 Å². The number of nitrogens with zero attached hydrogens (tertiary/aromatic N) is 5. The van der Waals surface area contributed by atoms with Gasteiger partial charge >= 0.3 is 12.1 Å². The van der Waals surface area contributed by atoms with E-state index in [0.717, 1.165) is 5.69 Å². The van der Waals surface area contributed by atoms with Crippen LogP contribution in [-0.2, 0) is 0 Å². The van der Waals surface area contributed by atoms with Crippen molar-refractivity contribution in [3.63, 3.8) is 0 Å². The number of hydrogen-bond donors (Lipinski definition) is 2. The van der Waals surface area contributed by atoms with Crippen LogP contribution in [0.2, 0.25) is 0 Å². The van der Waals surface area contributed by atoms with Gasteiger partial charge in [0.25, 0.3) is 0 Å². The van der Waals surface area contributed by atoms with Crippen LogP contribution in [0.1, 0.15) is 6.04 Å². The molecule has 0 radical (unpaired) electrons. The Morgan fingerprint density at radius 2 is 2.30 bits per heavy atom. The molecule has 0 unspecified atom stereocenters. The molecule has 2 saturated heterocycles. The number of carbonyl (C=O) groups is 2. The molecule has 2 aromatic heterocycles. The number of amides is 4. The number of thiazole rings is 1. The lowest BCUT2D eigenvalue weighted by molar-refractivity contribution is 0.128. The largest absolute Gasteiger partial charge is 0.336 e. The topological polar surface area (TPSA) is 95.4 Å². The molecule has 4 amide bonds. The van der Waals surface area contributed by atoms with Crippen LogP contribution >= 0.6 is 11.3 Å². The fourth-order valence-electron chi connectivity index (χ4n) is 2.63. The van der Waals surface area contributed by atoms with Crippen LogP contribution in [0.5, 0.6) is 0 Å². The molecule has 9 nitrogen and oxygen atoms in total. The molecule has 0 spiro atoms. The van der Waals surface area contributed by atoms with Crippen molar-refractivity contribution in [2.75, 3.05) is 36.4 Å². The third kappa shape index (κ3) is 2.61. The summed E-state index contributed by atoms with van der Waals surface area (Å²) in [6.45, 7) is 2.48. The van der Waals surface area contributed by atoms with E-state index >= 15 is 0 Å². The Labute approximate surface area is 135 Å². The lowest BCUT2D eigenvalue weighted by Crippen LogP contribution is -2.52. The monoisotopic (exact) mass is 333 g/mol. The summed E-state index contributed by atoms with van der Waals surface area (Å²) in [7, 11) is 0. The van der Waals surface area contributed by atoms with E-state index in [1.54, 1.807) is 22.2 Å². The maximum absolute atomic E-state index is 12.0. The Morgan fingerprint density at radius 1 is 1.43 bits per heavy atom. The molecule has 2 aliphatic rings. The predicted molar refractivity (Wildman–Crippen MR) is 84.7 cm³/mol. The highest BCUT2D eigenvalue weighted by atomic mass is 32.1. The number of nitrogens with one attached hydrogen (secondary N) is 2. The maximum Gasteiger partial charge on any atom is 0.323 e. The molecular formula is C13H15N7O2S. The van der Waals surface area contributed by atoms with E-state index in [2.05, 4.69) is 20.7 Å². The second-order valence-electron chi connectivity index (χ2n) is 5.39. The van der Waals surface area contributed by atoms with E-state index in [1.807, 2.05) is 16.3 Å². The van der Waals surface area contributed by atoms with Crippen LogP contribution in [0.3, 0.4) is 0 Å². The highest BCUT2D eigenvalue weighted by molar-refractivity contribution is 7.13. The van der Waals surface area contributed by atoms with Gasteiger partial charge in [-0.1, -0.05) is 0 Å². The Morgan fingerprint density at radius 3 is 3.00 bits per heavy atom. The third-order valence-electron chi connectivity index (χ3n) is 3.93. The average molecular weight is 333 g/mol. The normalized spacial score (nSPS) is 18.0. The minimum absolute atomic E-state index is 0.0948. The highest BCUT2D eigenvalue weighted by Crippen LogP contribution is 2.25. The molecule has 0 aromatic carbocycles. The molecule has 0 aliphatic carbocycles. The Bertz CT molecular complexity index is 723. The molecule has 120 valence electrons. The second-order valence-corrected chi connectivity index (χ2v) is 6.28. The van der Waals surface area contributed by atoms with Gasteiger partial charge in [-0.25, -0.2) is 14.6 Å². The van der Waals surface area contributed by atoms with E-state index in [-0.39, 0.29) is 18.1 Å². The molecular weight excluding hydrogens is 318 g/mol. The van der Waals surface area contributed by atoms with Crippen molar-refractivity contribution in [1.29, 1.82) is 0 Å². The van der Waals surface area contributed by atoms with Crippen LogP contribution in [0, 0.1) is 0 Å². The summed E-state index contributed by atoms with van der Waals surface area (Å²) in [4.78, 5) is 31.1. The first-order valence-electron chi connectivity index (χ1n) is 7.25. The molecule has 2 aromatic rings. The zero-order chi connectivity index (χ0) is 15.8.